The van der Waals surface area contributed by atoms with Gasteiger partial charge in [-0.25, -0.2) is 9.99 Å². The molecule has 0 aliphatic carbocycles. The van der Waals surface area contributed by atoms with Crippen LogP contribution >= 0.6 is 0 Å². The third-order valence-electron chi connectivity index (χ3n) is 5.95. The smallest absolute Gasteiger partial charge is 0.330 e. The van der Waals surface area contributed by atoms with Crippen molar-refractivity contribution in [3.63, 3.8) is 0 Å². The summed E-state index contributed by atoms with van der Waals surface area (Å²) in [4.78, 5) is 17.5. The van der Waals surface area contributed by atoms with Gasteiger partial charge in [-0.2, -0.15) is 18.4 Å². The molecule has 1 aromatic heterocycles. The van der Waals surface area contributed by atoms with Gasteiger partial charge in [0.25, 0.3) is 0 Å². The maximum absolute atomic E-state index is 13.4. The first kappa shape index (κ1) is 27.1. The molecule has 36 heavy (non-hydrogen) atoms. The van der Waals surface area contributed by atoms with Crippen LogP contribution in [0.5, 0.6) is 0 Å². The molecule has 0 fully saturated rings. The van der Waals surface area contributed by atoms with Crippen molar-refractivity contribution in [3.05, 3.63) is 89.0 Å². The fourth-order valence-electron chi connectivity index (χ4n) is 4.22. The van der Waals surface area contributed by atoms with Gasteiger partial charge in [0.1, 0.15) is 5.78 Å². The van der Waals surface area contributed by atoms with E-state index in [0.717, 1.165) is 17.3 Å². The summed E-state index contributed by atoms with van der Waals surface area (Å²) < 4.78 is 42.0. The van der Waals surface area contributed by atoms with Crippen molar-refractivity contribution >= 4 is 5.78 Å². The predicted octanol–water partition coefficient (Wildman–Crippen LogP) is 4.97. The zero-order valence-electron chi connectivity index (χ0n) is 20.4. The minimum atomic E-state index is -4.47. The Hall–Kier alpha value is -3.48. The zero-order valence-corrected chi connectivity index (χ0v) is 20.4. The molecule has 6 nitrogen and oxygen atoms in total. The molecule has 1 atom stereocenters. The molecule has 0 unspecified atom stereocenters. The topological polar surface area (TPSA) is 87.9 Å². The van der Waals surface area contributed by atoms with Gasteiger partial charge in [0.2, 0.25) is 0 Å². The average Bonchev–Trinajstić information content (AvgIpc) is 3.24. The maximum Gasteiger partial charge on any atom is 0.416 e. The lowest BCUT2D eigenvalue weighted by Crippen LogP contribution is -2.39. The van der Waals surface area contributed by atoms with E-state index in [1.807, 2.05) is 30.5 Å². The highest BCUT2D eigenvalue weighted by Crippen LogP contribution is 2.32. The SMILES string of the molecule is CC(C)C[C@@H](CN(N)Cc1ccccc1C(F)(F)F)C(=O)Cc1cncn1Cc1ccc(C#N)cc1. The van der Waals surface area contributed by atoms with E-state index >= 15 is 0 Å². The van der Waals surface area contributed by atoms with E-state index in [-0.39, 0.29) is 36.8 Å². The number of nitrogens with zero attached hydrogens (tertiary/aromatic N) is 4. The first-order chi connectivity index (χ1) is 17.1. The van der Waals surface area contributed by atoms with Crippen molar-refractivity contribution < 1.29 is 18.0 Å². The fraction of sp³-hybridized carbons (Fsp3) is 0.370. The number of carbonyl (C=O) groups is 1. The summed E-state index contributed by atoms with van der Waals surface area (Å²) in [6, 6.07) is 14.6. The number of nitriles is 1. The predicted molar refractivity (Wildman–Crippen MR) is 130 cm³/mol. The fourth-order valence-corrected chi connectivity index (χ4v) is 4.22. The number of ketones is 1. The number of benzene rings is 2. The molecule has 2 N–H and O–H groups in total. The molecular formula is C27H30F3N5O. The number of imidazole rings is 1. The van der Waals surface area contributed by atoms with Gasteiger partial charge in [-0.05, 0) is 41.7 Å². The van der Waals surface area contributed by atoms with Crippen molar-refractivity contribution in [3.8, 4) is 6.07 Å². The molecule has 190 valence electrons. The Morgan fingerprint density at radius 1 is 1.17 bits per heavy atom. The van der Waals surface area contributed by atoms with E-state index in [1.54, 1.807) is 30.7 Å². The Bertz CT molecular complexity index is 1200. The van der Waals surface area contributed by atoms with Crippen LogP contribution < -0.4 is 5.84 Å². The van der Waals surface area contributed by atoms with Gasteiger partial charge in [-0.3, -0.25) is 10.6 Å². The lowest BCUT2D eigenvalue weighted by atomic mass is 9.90. The van der Waals surface area contributed by atoms with Crippen molar-refractivity contribution in [2.75, 3.05) is 6.54 Å². The van der Waals surface area contributed by atoms with Crippen molar-refractivity contribution in [2.24, 2.45) is 17.7 Å². The zero-order chi connectivity index (χ0) is 26.3. The molecule has 0 saturated carbocycles. The van der Waals surface area contributed by atoms with Crippen LogP contribution in [-0.2, 0) is 30.5 Å². The molecular weight excluding hydrogens is 467 g/mol. The highest BCUT2D eigenvalue weighted by molar-refractivity contribution is 5.83. The largest absolute Gasteiger partial charge is 0.416 e. The lowest BCUT2D eigenvalue weighted by molar-refractivity contribution is -0.138. The Labute approximate surface area is 209 Å². The Morgan fingerprint density at radius 3 is 2.50 bits per heavy atom. The second kappa shape index (κ2) is 12.0. The summed E-state index contributed by atoms with van der Waals surface area (Å²) in [6.45, 7) is 4.52. The minimum Gasteiger partial charge on any atom is -0.330 e. The van der Waals surface area contributed by atoms with Crippen LogP contribution in [0.1, 0.15) is 48.2 Å². The van der Waals surface area contributed by atoms with E-state index in [2.05, 4.69) is 11.1 Å². The van der Waals surface area contributed by atoms with Crippen LogP contribution in [0.2, 0.25) is 0 Å². The van der Waals surface area contributed by atoms with Crippen LogP contribution in [0.25, 0.3) is 0 Å². The molecule has 0 aliphatic rings. The third-order valence-corrected chi connectivity index (χ3v) is 5.95. The Kier molecular flexibility index (Phi) is 9.02. The quantitative estimate of drug-likeness (QED) is 0.299. The summed E-state index contributed by atoms with van der Waals surface area (Å²) >= 11 is 0. The maximum atomic E-state index is 13.4. The summed E-state index contributed by atoms with van der Waals surface area (Å²) in [7, 11) is 0. The summed E-state index contributed by atoms with van der Waals surface area (Å²) in [5, 5.41) is 10.3. The highest BCUT2D eigenvalue weighted by atomic mass is 19.4. The van der Waals surface area contributed by atoms with Gasteiger partial charge in [-0.1, -0.05) is 44.2 Å². The molecule has 0 radical (unpaired) electrons. The molecule has 3 rings (SSSR count). The molecule has 2 aromatic carbocycles. The average molecular weight is 498 g/mol. The molecule has 0 spiro atoms. The summed E-state index contributed by atoms with van der Waals surface area (Å²) in [6.07, 6.45) is -0.467. The van der Waals surface area contributed by atoms with Crippen molar-refractivity contribution in [1.29, 1.82) is 5.26 Å². The monoisotopic (exact) mass is 497 g/mol. The Morgan fingerprint density at radius 2 is 1.86 bits per heavy atom. The third kappa shape index (κ3) is 7.51. The second-order valence-corrected chi connectivity index (χ2v) is 9.38. The Balaban J connectivity index is 1.70. The number of halogens is 3. The molecule has 1 heterocycles. The van der Waals surface area contributed by atoms with E-state index in [4.69, 9.17) is 11.1 Å². The first-order valence-electron chi connectivity index (χ1n) is 11.7. The van der Waals surface area contributed by atoms with E-state index < -0.39 is 17.7 Å². The minimum absolute atomic E-state index is 0.0372. The van der Waals surface area contributed by atoms with Gasteiger partial charge in [0.05, 0.1) is 23.5 Å². The lowest BCUT2D eigenvalue weighted by Gasteiger charge is -2.25. The van der Waals surface area contributed by atoms with Gasteiger partial charge < -0.3 is 4.57 Å². The number of hydrazine groups is 1. The van der Waals surface area contributed by atoms with Crippen LogP contribution in [-0.4, -0.2) is 26.9 Å². The van der Waals surface area contributed by atoms with Crippen molar-refractivity contribution in [1.82, 2.24) is 14.6 Å². The number of alkyl halides is 3. The van der Waals surface area contributed by atoms with Crippen LogP contribution in [0.15, 0.2) is 61.1 Å². The highest BCUT2D eigenvalue weighted by Gasteiger charge is 2.33. The molecule has 0 saturated heterocycles. The van der Waals surface area contributed by atoms with Crippen LogP contribution in [0, 0.1) is 23.2 Å². The van der Waals surface area contributed by atoms with Crippen LogP contribution in [0.4, 0.5) is 13.2 Å². The summed E-state index contributed by atoms with van der Waals surface area (Å²) in [5.74, 6) is 5.87. The number of aromatic nitrogens is 2. The second-order valence-electron chi connectivity index (χ2n) is 9.38. The van der Waals surface area contributed by atoms with Gasteiger partial charge in [0.15, 0.2) is 0 Å². The number of Topliss-reactive ketones (excluding diaryl/α,β-unsaturated/α-hetero) is 1. The molecule has 3 aromatic rings. The number of nitrogens with two attached hydrogens (primary N) is 1. The van der Waals surface area contributed by atoms with Gasteiger partial charge >= 0.3 is 6.18 Å². The standard InChI is InChI=1S/C27H30F3N5O/c1-19(2)11-23(17-35(32)16-22-5-3-4-6-25(22)27(28,29)30)26(36)12-24-14-33-18-34(24)15-21-9-7-20(13-31)8-10-21/h3-10,14,18-19,23H,11-12,15-17,32H2,1-2H3/t23-/m0/s1. The van der Waals surface area contributed by atoms with E-state index in [9.17, 15) is 18.0 Å². The number of hydrogen-bond acceptors (Lipinski definition) is 5. The van der Waals surface area contributed by atoms with Gasteiger partial charge in [0, 0.05) is 43.9 Å². The first-order valence-corrected chi connectivity index (χ1v) is 11.7. The normalized spacial score (nSPS) is 12.6. The molecule has 0 aliphatic heterocycles. The molecule has 0 amide bonds. The van der Waals surface area contributed by atoms with Gasteiger partial charge in [-0.15, -0.1) is 0 Å². The summed E-state index contributed by atoms with van der Waals surface area (Å²) in [5.41, 5.74) is 1.63. The molecule has 9 heteroatoms. The number of hydrogen-bond donors (Lipinski definition) is 1. The number of carbonyl (C=O) groups excluding carboxylic acids is 1. The van der Waals surface area contributed by atoms with E-state index in [1.165, 1.54) is 17.1 Å². The van der Waals surface area contributed by atoms with Crippen LogP contribution in [0.3, 0.4) is 0 Å². The number of rotatable bonds is 11. The molecule has 0 bridgehead atoms. The van der Waals surface area contributed by atoms with E-state index in [0.29, 0.717) is 18.5 Å². The van der Waals surface area contributed by atoms with Crippen molar-refractivity contribution in [2.45, 2.75) is 46.0 Å².